The van der Waals surface area contributed by atoms with E-state index in [1.54, 1.807) is 33.5 Å². The molecule has 0 bridgehead atoms. The number of nitrogens with zero attached hydrogens (tertiary/aromatic N) is 2. The average Bonchev–Trinajstić information content (AvgIpc) is 3.11. The molecular formula is C20H18ClN3O4. The molecule has 144 valence electrons. The number of H-pyrrole nitrogens is 1. The van der Waals surface area contributed by atoms with Gasteiger partial charge >= 0.3 is 0 Å². The van der Waals surface area contributed by atoms with Crippen LogP contribution in [0.4, 0.5) is 0 Å². The zero-order valence-corrected chi connectivity index (χ0v) is 16.3. The van der Waals surface area contributed by atoms with Gasteiger partial charge in [0, 0.05) is 23.4 Å². The smallest absolute Gasteiger partial charge is 0.182 e. The van der Waals surface area contributed by atoms with Crippen LogP contribution in [0.2, 0.25) is 5.02 Å². The van der Waals surface area contributed by atoms with Gasteiger partial charge < -0.3 is 19.3 Å². The van der Waals surface area contributed by atoms with Crippen LogP contribution in [0.1, 0.15) is 5.69 Å². The van der Waals surface area contributed by atoms with Gasteiger partial charge in [0.05, 0.1) is 42.6 Å². The van der Waals surface area contributed by atoms with Crippen molar-refractivity contribution in [1.82, 2.24) is 15.2 Å². The first-order valence-electron chi connectivity index (χ1n) is 8.47. The number of ether oxygens (including phenoxy) is 3. The summed E-state index contributed by atoms with van der Waals surface area (Å²) < 4.78 is 16.3. The van der Waals surface area contributed by atoms with Crippen LogP contribution < -0.4 is 9.47 Å². The quantitative estimate of drug-likeness (QED) is 0.520. The number of hydrogen-bond donors (Lipinski definition) is 2. The summed E-state index contributed by atoms with van der Waals surface area (Å²) in [4.78, 5) is 4.74. The summed E-state index contributed by atoms with van der Waals surface area (Å²) in [6.07, 6.45) is 0. The number of phenolic OH excluding ortho intramolecular Hbond substituents is 1. The molecule has 4 rings (SSSR count). The van der Waals surface area contributed by atoms with Crippen molar-refractivity contribution in [2.45, 2.75) is 6.61 Å². The number of aromatic amines is 1. The minimum absolute atomic E-state index is 0.0113. The first kappa shape index (κ1) is 18.3. The van der Waals surface area contributed by atoms with Crippen LogP contribution in [0.25, 0.3) is 33.1 Å². The molecule has 0 atom stereocenters. The van der Waals surface area contributed by atoms with E-state index in [2.05, 4.69) is 10.2 Å². The topological polar surface area (TPSA) is 89.5 Å². The zero-order valence-electron chi connectivity index (χ0n) is 15.5. The highest BCUT2D eigenvalue weighted by Crippen LogP contribution is 2.41. The summed E-state index contributed by atoms with van der Waals surface area (Å²) in [5, 5.41) is 19.9. The Morgan fingerprint density at radius 2 is 1.75 bits per heavy atom. The number of methoxy groups -OCH3 is 3. The van der Waals surface area contributed by atoms with Crippen LogP contribution in [-0.2, 0) is 11.3 Å². The maximum Gasteiger partial charge on any atom is 0.182 e. The molecule has 28 heavy (non-hydrogen) atoms. The number of phenols is 1. The van der Waals surface area contributed by atoms with Crippen molar-refractivity contribution in [3.05, 3.63) is 41.0 Å². The molecule has 0 saturated heterocycles. The number of fused-ring (bicyclic) bond motifs is 3. The highest BCUT2D eigenvalue weighted by molar-refractivity contribution is 6.32. The van der Waals surface area contributed by atoms with Crippen molar-refractivity contribution in [2.24, 2.45) is 0 Å². The second-order valence-corrected chi connectivity index (χ2v) is 6.62. The van der Waals surface area contributed by atoms with E-state index >= 15 is 0 Å². The molecule has 0 saturated carbocycles. The van der Waals surface area contributed by atoms with E-state index in [0.29, 0.717) is 29.4 Å². The fourth-order valence-electron chi connectivity index (χ4n) is 3.30. The standard InChI is InChI=1S/C20H18ClN3O4/c1-26-9-14-18-11-7-16(27-2)17(28-3)8-12(11)19(22-20(18)24-23-14)10-4-5-15(25)13(21)6-10/h4-8,25H,9H2,1-3H3,(H,22,23,24). The number of nitrogens with one attached hydrogen (secondary N) is 1. The molecule has 0 amide bonds. The Morgan fingerprint density at radius 1 is 1.04 bits per heavy atom. The minimum Gasteiger partial charge on any atom is -0.506 e. The van der Waals surface area contributed by atoms with Crippen LogP contribution in [-0.4, -0.2) is 41.6 Å². The Hall–Kier alpha value is -3.03. The van der Waals surface area contributed by atoms with E-state index < -0.39 is 0 Å². The monoisotopic (exact) mass is 399 g/mol. The normalized spacial score (nSPS) is 11.3. The van der Waals surface area contributed by atoms with Gasteiger partial charge in [-0.25, -0.2) is 4.98 Å². The third-order valence-electron chi connectivity index (χ3n) is 4.60. The van der Waals surface area contributed by atoms with Gasteiger partial charge in [-0.05, 0) is 30.3 Å². The molecule has 0 spiro atoms. The number of rotatable bonds is 5. The maximum atomic E-state index is 9.77. The largest absolute Gasteiger partial charge is 0.506 e. The number of benzene rings is 2. The fraction of sp³-hybridized carbons (Fsp3) is 0.200. The van der Waals surface area contributed by atoms with Gasteiger partial charge in [-0.15, -0.1) is 0 Å². The lowest BCUT2D eigenvalue weighted by molar-refractivity contribution is 0.182. The van der Waals surface area contributed by atoms with E-state index in [1.165, 1.54) is 6.07 Å². The Morgan fingerprint density at radius 3 is 2.39 bits per heavy atom. The molecule has 8 heteroatoms. The van der Waals surface area contributed by atoms with Crippen molar-refractivity contribution in [2.75, 3.05) is 21.3 Å². The van der Waals surface area contributed by atoms with Crippen LogP contribution in [0.3, 0.4) is 0 Å². The first-order valence-corrected chi connectivity index (χ1v) is 8.85. The van der Waals surface area contributed by atoms with E-state index in [-0.39, 0.29) is 10.8 Å². The van der Waals surface area contributed by atoms with E-state index in [1.807, 2.05) is 12.1 Å². The average molecular weight is 400 g/mol. The number of pyridine rings is 1. The molecule has 4 aromatic rings. The summed E-state index contributed by atoms with van der Waals surface area (Å²) in [7, 11) is 4.80. The predicted molar refractivity (Wildman–Crippen MR) is 107 cm³/mol. The number of aromatic hydroxyl groups is 1. The minimum atomic E-state index is 0.0113. The zero-order chi connectivity index (χ0) is 19.8. The summed E-state index contributed by atoms with van der Waals surface area (Å²) in [5.41, 5.74) is 2.78. The molecule has 0 aliphatic heterocycles. The fourth-order valence-corrected chi connectivity index (χ4v) is 3.48. The van der Waals surface area contributed by atoms with Crippen molar-refractivity contribution in [3.8, 4) is 28.5 Å². The molecule has 2 heterocycles. The first-order chi connectivity index (χ1) is 13.6. The molecule has 0 aliphatic carbocycles. The summed E-state index contributed by atoms with van der Waals surface area (Å²) >= 11 is 6.12. The molecule has 7 nitrogen and oxygen atoms in total. The van der Waals surface area contributed by atoms with Crippen LogP contribution >= 0.6 is 11.6 Å². The Kier molecular flexibility index (Phi) is 4.70. The number of halogens is 1. The molecule has 2 aromatic carbocycles. The predicted octanol–water partition coefficient (Wildman–Crippen LogP) is 4.30. The van der Waals surface area contributed by atoms with Crippen molar-refractivity contribution >= 4 is 33.4 Å². The van der Waals surface area contributed by atoms with Gasteiger partial charge in [0.2, 0.25) is 0 Å². The van der Waals surface area contributed by atoms with Gasteiger partial charge in [-0.3, -0.25) is 5.10 Å². The summed E-state index contributed by atoms with van der Waals surface area (Å²) in [6.45, 7) is 0.367. The van der Waals surface area contributed by atoms with Gasteiger partial charge in [0.1, 0.15) is 5.75 Å². The van der Waals surface area contributed by atoms with Crippen molar-refractivity contribution in [3.63, 3.8) is 0 Å². The van der Waals surface area contributed by atoms with Gasteiger partial charge in [-0.2, -0.15) is 5.10 Å². The number of aromatic nitrogens is 3. The molecular weight excluding hydrogens is 382 g/mol. The Labute approximate surface area is 165 Å². The third kappa shape index (κ3) is 2.89. The van der Waals surface area contributed by atoms with Crippen LogP contribution in [0.5, 0.6) is 17.2 Å². The highest BCUT2D eigenvalue weighted by Gasteiger charge is 2.19. The Bertz CT molecular complexity index is 1190. The number of hydrogen-bond acceptors (Lipinski definition) is 6. The van der Waals surface area contributed by atoms with Gasteiger partial charge in [-0.1, -0.05) is 11.6 Å². The van der Waals surface area contributed by atoms with Crippen molar-refractivity contribution < 1.29 is 19.3 Å². The molecule has 0 fully saturated rings. The summed E-state index contributed by atoms with van der Waals surface area (Å²) in [5.74, 6) is 1.19. The van der Waals surface area contributed by atoms with E-state index in [0.717, 1.165) is 27.4 Å². The lowest BCUT2D eigenvalue weighted by atomic mass is 10.00. The highest BCUT2D eigenvalue weighted by atomic mass is 35.5. The SMILES string of the molecule is COCc1[nH]nc2nc(-c3ccc(O)c(Cl)c3)c3cc(OC)c(OC)cc3c12. The molecule has 0 radical (unpaired) electrons. The van der Waals surface area contributed by atoms with Crippen molar-refractivity contribution in [1.29, 1.82) is 0 Å². The van der Waals surface area contributed by atoms with E-state index in [4.69, 9.17) is 30.8 Å². The second-order valence-electron chi connectivity index (χ2n) is 6.21. The van der Waals surface area contributed by atoms with Gasteiger partial charge in [0.15, 0.2) is 17.1 Å². The lowest BCUT2D eigenvalue weighted by Gasteiger charge is -2.13. The maximum absolute atomic E-state index is 9.77. The van der Waals surface area contributed by atoms with E-state index in [9.17, 15) is 5.11 Å². The molecule has 2 aromatic heterocycles. The van der Waals surface area contributed by atoms with Crippen LogP contribution in [0.15, 0.2) is 30.3 Å². The third-order valence-corrected chi connectivity index (χ3v) is 4.90. The second kappa shape index (κ2) is 7.18. The molecule has 0 aliphatic rings. The summed E-state index contributed by atoms with van der Waals surface area (Å²) in [6, 6.07) is 8.74. The Balaban J connectivity index is 2.12. The lowest BCUT2D eigenvalue weighted by Crippen LogP contribution is -1.95. The molecule has 2 N–H and O–H groups in total. The van der Waals surface area contributed by atoms with Gasteiger partial charge in [0.25, 0.3) is 0 Å². The molecule has 0 unspecified atom stereocenters. The van der Waals surface area contributed by atoms with Crippen LogP contribution in [0, 0.1) is 0 Å².